The van der Waals surface area contributed by atoms with Crippen LogP contribution in [-0.2, 0) is 4.74 Å². The van der Waals surface area contributed by atoms with Gasteiger partial charge >= 0.3 is 0 Å². The highest BCUT2D eigenvalue weighted by Crippen LogP contribution is 2.30. The van der Waals surface area contributed by atoms with Gasteiger partial charge in [0.05, 0.1) is 12.1 Å². The minimum Gasteiger partial charge on any atom is -0.383 e. The average Bonchev–Trinajstić information content (AvgIpc) is 2.78. The molecule has 0 aromatic rings. The lowest BCUT2D eigenvalue weighted by Gasteiger charge is -2.45. The first-order valence-electron chi connectivity index (χ1n) is 6.97. The van der Waals surface area contributed by atoms with Gasteiger partial charge < -0.3 is 10.5 Å². The van der Waals surface area contributed by atoms with Gasteiger partial charge in [0.25, 0.3) is 0 Å². The number of hydrogen-bond donors (Lipinski definition) is 1. The average molecular weight is 242 g/mol. The third-order valence-electron chi connectivity index (χ3n) is 4.59. The van der Waals surface area contributed by atoms with E-state index in [9.17, 15) is 0 Å². The monoisotopic (exact) mass is 242 g/mol. The fraction of sp³-hybridized carbons (Fsp3) is 1.00. The van der Waals surface area contributed by atoms with Crippen LogP contribution in [0.1, 0.15) is 39.5 Å². The summed E-state index contributed by atoms with van der Waals surface area (Å²) in [5, 5.41) is 0. The molecule has 0 amide bonds. The topological polar surface area (TPSA) is 38.5 Å². The first kappa shape index (κ1) is 14.9. The molecule has 0 aliphatic heterocycles. The summed E-state index contributed by atoms with van der Waals surface area (Å²) in [6.07, 6.45) is 5.58. The molecule has 1 saturated carbocycles. The van der Waals surface area contributed by atoms with Gasteiger partial charge in [-0.25, -0.2) is 0 Å². The van der Waals surface area contributed by atoms with Crippen LogP contribution in [0.2, 0.25) is 0 Å². The van der Waals surface area contributed by atoms with Gasteiger partial charge in [0.15, 0.2) is 0 Å². The van der Waals surface area contributed by atoms with Gasteiger partial charge in [-0.15, -0.1) is 0 Å². The maximum Gasteiger partial charge on any atom is 0.0661 e. The molecule has 1 rings (SSSR count). The van der Waals surface area contributed by atoms with Crippen molar-refractivity contribution in [3.05, 3.63) is 0 Å². The quantitative estimate of drug-likeness (QED) is 0.743. The summed E-state index contributed by atoms with van der Waals surface area (Å²) < 4.78 is 5.42. The van der Waals surface area contributed by atoms with Crippen molar-refractivity contribution in [3.63, 3.8) is 0 Å². The van der Waals surface area contributed by atoms with E-state index in [1.807, 2.05) is 0 Å². The Morgan fingerprint density at radius 2 is 1.94 bits per heavy atom. The zero-order valence-electron chi connectivity index (χ0n) is 12.0. The lowest BCUT2D eigenvalue weighted by molar-refractivity contribution is -0.00820. The Bertz CT molecular complexity index is 214. The van der Waals surface area contributed by atoms with Gasteiger partial charge in [0, 0.05) is 20.2 Å². The van der Waals surface area contributed by atoms with E-state index in [4.69, 9.17) is 10.5 Å². The molecule has 2 N–H and O–H groups in total. The third-order valence-corrected chi connectivity index (χ3v) is 4.59. The Labute approximate surface area is 107 Å². The molecule has 1 atom stereocenters. The highest BCUT2D eigenvalue weighted by atomic mass is 16.5. The predicted molar refractivity (Wildman–Crippen MR) is 73.1 cm³/mol. The predicted octanol–water partition coefficient (Wildman–Crippen LogP) is 2.11. The molecular formula is C14H30N2O. The minimum absolute atomic E-state index is 0.00264. The Kier molecular flexibility index (Phi) is 5.90. The Hall–Kier alpha value is -0.120. The van der Waals surface area contributed by atoms with Crippen LogP contribution in [0, 0.1) is 11.8 Å². The molecule has 1 aliphatic rings. The highest BCUT2D eigenvalue weighted by molar-refractivity contribution is 4.94. The van der Waals surface area contributed by atoms with Crippen LogP contribution in [0.4, 0.5) is 0 Å². The second kappa shape index (κ2) is 6.72. The number of ether oxygens (including phenoxy) is 1. The second-order valence-electron chi connectivity index (χ2n) is 5.93. The van der Waals surface area contributed by atoms with Crippen LogP contribution in [0.15, 0.2) is 0 Å². The lowest BCUT2D eigenvalue weighted by atomic mass is 9.84. The molecular weight excluding hydrogens is 212 g/mol. The molecule has 0 saturated heterocycles. The summed E-state index contributed by atoms with van der Waals surface area (Å²) in [6, 6.07) is 0. The number of nitrogens with zero attached hydrogens (tertiary/aromatic N) is 1. The van der Waals surface area contributed by atoms with Crippen molar-refractivity contribution in [2.24, 2.45) is 17.6 Å². The van der Waals surface area contributed by atoms with Crippen molar-refractivity contribution in [3.8, 4) is 0 Å². The molecule has 102 valence electrons. The van der Waals surface area contributed by atoms with Crippen LogP contribution < -0.4 is 5.73 Å². The van der Waals surface area contributed by atoms with Gasteiger partial charge in [0.2, 0.25) is 0 Å². The van der Waals surface area contributed by atoms with Crippen LogP contribution >= 0.6 is 0 Å². The fourth-order valence-electron chi connectivity index (χ4n) is 3.18. The molecule has 3 heteroatoms. The van der Waals surface area contributed by atoms with Gasteiger partial charge in [-0.3, -0.25) is 4.90 Å². The molecule has 0 aromatic carbocycles. The fourth-order valence-corrected chi connectivity index (χ4v) is 3.18. The lowest BCUT2D eigenvalue weighted by Crippen LogP contribution is -2.59. The first-order chi connectivity index (χ1) is 8.06. The number of likely N-dealkylation sites (N-methyl/N-ethyl adjacent to an activating group) is 1. The zero-order chi connectivity index (χ0) is 12.9. The summed E-state index contributed by atoms with van der Waals surface area (Å²) in [7, 11) is 3.99. The number of methoxy groups -OCH3 is 1. The molecule has 0 radical (unpaired) electrons. The van der Waals surface area contributed by atoms with Gasteiger partial charge in [-0.1, -0.05) is 26.7 Å². The van der Waals surface area contributed by atoms with Gasteiger partial charge in [0.1, 0.15) is 0 Å². The van der Waals surface area contributed by atoms with E-state index in [1.54, 1.807) is 7.11 Å². The Balaban J connectivity index is 2.66. The highest BCUT2D eigenvalue weighted by Gasteiger charge is 2.37. The van der Waals surface area contributed by atoms with E-state index < -0.39 is 0 Å². The molecule has 0 spiro atoms. The van der Waals surface area contributed by atoms with Crippen molar-refractivity contribution in [2.75, 3.05) is 33.9 Å². The van der Waals surface area contributed by atoms with Crippen molar-refractivity contribution in [1.29, 1.82) is 0 Å². The maximum absolute atomic E-state index is 6.05. The SMILES string of the molecule is COCC(CN)(C(C)C)N(C)CC1CCCC1. The van der Waals surface area contributed by atoms with Crippen LogP contribution in [0.3, 0.4) is 0 Å². The van der Waals surface area contributed by atoms with E-state index in [0.29, 0.717) is 12.5 Å². The smallest absolute Gasteiger partial charge is 0.0661 e. The van der Waals surface area contributed by atoms with E-state index in [1.165, 1.54) is 32.2 Å². The zero-order valence-corrected chi connectivity index (χ0v) is 12.0. The summed E-state index contributed by atoms with van der Waals surface area (Å²) in [6.45, 7) is 7.05. The molecule has 0 heterocycles. The molecule has 0 bridgehead atoms. The van der Waals surface area contributed by atoms with Gasteiger partial charge in [-0.05, 0) is 31.7 Å². The Morgan fingerprint density at radius 1 is 1.35 bits per heavy atom. The van der Waals surface area contributed by atoms with E-state index >= 15 is 0 Å². The van der Waals surface area contributed by atoms with E-state index in [2.05, 4.69) is 25.8 Å². The summed E-state index contributed by atoms with van der Waals surface area (Å²) in [5.74, 6) is 1.38. The number of hydrogen-bond acceptors (Lipinski definition) is 3. The summed E-state index contributed by atoms with van der Waals surface area (Å²) in [5.41, 5.74) is 6.05. The van der Waals surface area contributed by atoms with Crippen LogP contribution in [-0.4, -0.2) is 44.3 Å². The third kappa shape index (κ3) is 3.43. The largest absolute Gasteiger partial charge is 0.383 e. The van der Waals surface area contributed by atoms with Crippen molar-refractivity contribution in [2.45, 2.75) is 45.1 Å². The van der Waals surface area contributed by atoms with Crippen molar-refractivity contribution < 1.29 is 4.74 Å². The summed E-state index contributed by atoms with van der Waals surface area (Å²) >= 11 is 0. The molecule has 1 unspecified atom stereocenters. The summed E-state index contributed by atoms with van der Waals surface area (Å²) in [4.78, 5) is 2.46. The van der Waals surface area contributed by atoms with Crippen LogP contribution in [0.25, 0.3) is 0 Å². The number of nitrogens with two attached hydrogens (primary N) is 1. The minimum atomic E-state index is -0.00264. The van der Waals surface area contributed by atoms with Gasteiger partial charge in [-0.2, -0.15) is 0 Å². The van der Waals surface area contributed by atoms with E-state index in [0.717, 1.165) is 12.5 Å². The van der Waals surface area contributed by atoms with E-state index in [-0.39, 0.29) is 5.54 Å². The molecule has 1 aliphatic carbocycles. The Morgan fingerprint density at radius 3 is 2.35 bits per heavy atom. The molecule has 1 fully saturated rings. The normalized spacial score (nSPS) is 21.4. The molecule has 0 aromatic heterocycles. The van der Waals surface area contributed by atoms with Crippen molar-refractivity contribution >= 4 is 0 Å². The van der Waals surface area contributed by atoms with Crippen LogP contribution in [0.5, 0.6) is 0 Å². The first-order valence-corrected chi connectivity index (χ1v) is 6.97. The van der Waals surface area contributed by atoms with Crippen molar-refractivity contribution in [1.82, 2.24) is 4.90 Å². The molecule has 17 heavy (non-hydrogen) atoms. The second-order valence-corrected chi connectivity index (χ2v) is 5.93. The molecule has 3 nitrogen and oxygen atoms in total. The standard InChI is InChI=1S/C14H30N2O/c1-12(2)14(10-15,11-17-4)16(3)9-13-7-5-6-8-13/h12-13H,5-11,15H2,1-4H3. The maximum atomic E-state index is 6.05. The number of rotatable bonds is 7.